The van der Waals surface area contributed by atoms with E-state index in [4.69, 9.17) is 4.74 Å². The third-order valence-electron chi connectivity index (χ3n) is 4.04. The van der Waals surface area contributed by atoms with Crippen LogP contribution in [0.25, 0.3) is 0 Å². The second-order valence-corrected chi connectivity index (χ2v) is 8.82. The average molecular weight is 393 g/mol. The molecule has 0 aromatic heterocycles. The summed E-state index contributed by atoms with van der Waals surface area (Å²) in [6.07, 6.45) is 2.11. The average Bonchev–Trinajstić information content (AvgIpc) is 2.60. The van der Waals surface area contributed by atoms with E-state index in [0.29, 0.717) is 17.1 Å². The van der Waals surface area contributed by atoms with Crippen LogP contribution in [-0.2, 0) is 14.8 Å². The normalized spacial score (nSPS) is 16.6. The summed E-state index contributed by atoms with van der Waals surface area (Å²) in [6, 6.07) is 12.7. The van der Waals surface area contributed by atoms with Gasteiger partial charge in [-0.05, 0) is 43.0 Å². The molecule has 0 fully saturated rings. The maximum Gasteiger partial charge on any atom is 0.267 e. The fraction of sp³-hybridized carbons (Fsp3) is 0.278. The lowest BCUT2D eigenvalue weighted by molar-refractivity contribution is -0.122. The summed E-state index contributed by atoms with van der Waals surface area (Å²) in [6.45, 7) is 1.81. The zero-order valence-electron chi connectivity index (χ0n) is 14.7. The molecule has 1 aliphatic rings. The topological polar surface area (TPSA) is 75.7 Å². The monoisotopic (exact) mass is 392 g/mol. The summed E-state index contributed by atoms with van der Waals surface area (Å²) in [5, 5.41) is 2.84. The molecule has 2 aromatic carbocycles. The molecule has 0 spiro atoms. The van der Waals surface area contributed by atoms with Gasteiger partial charge in [0.1, 0.15) is 5.75 Å². The molecule has 0 bridgehead atoms. The molecular weight excluding hydrogens is 372 g/mol. The number of nitrogens with zero attached hydrogens (tertiary/aromatic N) is 1. The van der Waals surface area contributed by atoms with Crippen LogP contribution in [0.1, 0.15) is 5.56 Å². The molecule has 2 aromatic rings. The van der Waals surface area contributed by atoms with Crippen LogP contribution < -0.4 is 14.4 Å². The molecule has 1 amide bonds. The van der Waals surface area contributed by atoms with E-state index in [-0.39, 0.29) is 12.5 Å². The summed E-state index contributed by atoms with van der Waals surface area (Å²) in [7, 11) is -3.54. The van der Waals surface area contributed by atoms with Crippen LogP contribution >= 0.6 is 11.8 Å². The Balaban J connectivity index is 1.90. The van der Waals surface area contributed by atoms with Gasteiger partial charge < -0.3 is 10.1 Å². The first-order valence-corrected chi connectivity index (χ1v) is 11.1. The van der Waals surface area contributed by atoms with Gasteiger partial charge in [-0.25, -0.2) is 8.42 Å². The van der Waals surface area contributed by atoms with Crippen LogP contribution in [0, 0.1) is 6.92 Å². The number of benzene rings is 2. The van der Waals surface area contributed by atoms with Gasteiger partial charge in [0.15, 0.2) is 6.10 Å². The van der Waals surface area contributed by atoms with Crippen molar-refractivity contribution in [3.8, 4) is 5.75 Å². The summed E-state index contributed by atoms with van der Waals surface area (Å²) in [4.78, 5) is 13.6. The number of sulfonamides is 1. The first-order valence-electron chi connectivity index (χ1n) is 7.98. The standard InChI is InChI=1S/C18H20N2O4S2/c1-12-8-9-15-14(10-12)20(26(3,22)23)11-16(24-15)18(21)19-13-6-4-5-7-17(13)25-2/h4-10,16H,11H2,1-3H3,(H,19,21). The zero-order valence-corrected chi connectivity index (χ0v) is 16.4. The molecule has 1 aliphatic heterocycles. The van der Waals surface area contributed by atoms with Gasteiger partial charge in [-0.2, -0.15) is 0 Å². The number of rotatable bonds is 4. The lowest BCUT2D eigenvalue weighted by atomic mass is 10.1. The number of ether oxygens (including phenoxy) is 1. The summed E-state index contributed by atoms with van der Waals surface area (Å²) >= 11 is 1.52. The second-order valence-electron chi connectivity index (χ2n) is 6.06. The van der Waals surface area contributed by atoms with Crippen LogP contribution in [0.4, 0.5) is 11.4 Å². The Morgan fingerprint density at radius 1 is 1.27 bits per heavy atom. The van der Waals surface area contributed by atoms with Crippen molar-refractivity contribution in [3.05, 3.63) is 48.0 Å². The van der Waals surface area contributed by atoms with Gasteiger partial charge in [0.05, 0.1) is 24.2 Å². The minimum atomic E-state index is -3.54. The Morgan fingerprint density at radius 3 is 2.69 bits per heavy atom. The Hall–Kier alpha value is -2.19. The fourth-order valence-electron chi connectivity index (χ4n) is 2.77. The lowest BCUT2D eigenvalue weighted by Crippen LogP contribution is -2.48. The molecule has 1 atom stereocenters. The van der Waals surface area contributed by atoms with Crippen molar-refractivity contribution in [2.45, 2.75) is 17.9 Å². The molecule has 26 heavy (non-hydrogen) atoms. The van der Waals surface area contributed by atoms with E-state index in [0.717, 1.165) is 16.7 Å². The highest BCUT2D eigenvalue weighted by Crippen LogP contribution is 2.36. The molecule has 138 valence electrons. The van der Waals surface area contributed by atoms with Crippen molar-refractivity contribution < 1.29 is 17.9 Å². The lowest BCUT2D eigenvalue weighted by Gasteiger charge is -2.34. The SMILES string of the molecule is CSc1ccccc1NC(=O)C1CN(S(C)(=O)=O)c2cc(C)ccc2O1. The second kappa shape index (κ2) is 7.20. The largest absolute Gasteiger partial charge is 0.476 e. The first-order chi connectivity index (χ1) is 12.3. The fourth-order valence-corrected chi connectivity index (χ4v) is 4.23. The minimum Gasteiger partial charge on any atom is -0.476 e. The number of fused-ring (bicyclic) bond motifs is 1. The van der Waals surface area contributed by atoms with E-state index in [2.05, 4.69) is 5.32 Å². The minimum absolute atomic E-state index is 0.0669. The van der Waals surface area contributed by atoms with Crippen LogP contribution in [0.15, 0.2) is 47.4 Å². The number of para-hydroxylation sites is 1. The number of carbonyl (C=O) groups is 1. The van der Waals surface area contributed by atoms with E-state index < -0.39 is 16.1 Å². The molecule has 3 rings (SSSR count). The molecule has 6 nitrogen and oxygen atoms in total. The van der Waals surface area contributed by atoms with Crippen LogP contribution in [-0.4, -0.2) is 39.5 Å². The highest BCUT2D eigenvalue weighted by Gasteiger charge is 2.35. The van der Waals surface area contributed by atoms with E-state index in [1.807, 2.05) is 37.4 Å². The number of carbonyl (C=O) groups excluding carboxylic acids is 1. The van der Waals surface area contributed by atoms with Gasteiger partial charge in [-0.15, -0.1) is 11.8 Å². The van der Waals surface area contributed by atoms with Gasteiger partial charge in [-0.1, -0.05) is 18.2 Å². The molecule has 0 radical (unpaired) electrons. The quantitative estimate of drug-likeness (QED) is 0.810. The molecule has 0 saturated carbocycles. The smallest absolute Gasteiger partial charge is 0.267 e. The van der Waals surface area contributed by atoms with E-state index in [1.165, 1.54) is 16.1 Å². The van der Waals surface area contributed by atoms with Crippen molar-refractivity contribution in [1.29, 1.82) is 0 Å². The number of hydrogen-bond acceptors (Lipinski definition) is 5. The molecule has 0 aliphatic carbocycles. The highest BCUT2D eigenvalue weighted by molar-refractivity contribution is 7.98. The highest BCUT2D eigenvalue weighted by atomic mass is 32.2. The molecule has 8 heteroatoms. The predicted octanol–water partition coefficient (Wildman–Crippen LogP) is 2.88. The Labute approximate surface area is 157 Å². The van der Waals surface area contributed by atoms with Crippen molar-refractivity contribution in [2.24, 2.45) is 0 Å². The maximum atomic E-state index is 12.7. The van der Waals surface area contributed by atoms with Gasteiger partial charge in [0, 0.05) is 4.90 Å². The molecule has 1 N–H and O–H groups in total. The maximum absolute atomic E-state index is 12.7. The van der Waals surface area contributed by atoms with Crippen molar-refractivity contribution in [1.82, 2.24) is 0 Å². The van der Waals surface area contributed by atoms with Crippen LogP contribution in [0.3, 0.4) is 0 Å². The van der Waals surface area contributed by atoms with Crippen molar-refractivity contribution in [3.63, 3.8) is 0 Å². The van der Waals surface area contributed by atoms with E-state index in [1.54, 1.807) is 18.2 Å². The summed E-state index contributed by atoms with van der Waals surface area (Å²) in [5.41, 5.74) is 2.05. The van der Waals surface area contributed by atoms with Crippen molar-refractivity contribution in [2.75, 3.05) is 28.7 Å². The van der Waals surface area contributed by atoms with Gasteiger partial charge in [0.25, 0.3) is 5.91 Å². The van der Waals surface area contributed by atoms with E-state index in [9.17, 15) is 13.2 Å². The van der Waals surface area contributed by atoms with Crippen LogP contribution in [0.2, 0.25) is 0 Å². The number of anilines is 2. The Bertz CT molecular complexity index is 944. The van der Waals surface area contributed by atoms with E-state index >= 15 is 0 Å². The van der Waals surface area contributed by atoms with Crippen molar-refractivity contribution >= 4 is 39.1 Å². The third-order valence-corrected chi connectivity index (χ3v) is 5.98. The number of amides is 1. The molecule has 0 saturated heterocycles. The van der Waals surface area contributed by atoms with Gasteiger partial charge >= 0.3 is 0 Å². The van der Waals surface area contributed by atoms with Crippen LogP contribution in [0.5, 0.6) is 5.75 Å². The zero-order chi connectivity index (χ0) is 18.9. The Kier molecular flexibility index (Phi) is 5.15. The number of hydrogen-bond donors (Lipinski definition) is 1. The third kappa shape index (κ3) is 3.81. The predicted molar refractivity (Wildman–Crippen MR) is 105 cm³/mol. The first kappa shape index (κ1) is 18.6. The molecule has 1 unspecified atom stereocenters. The Morgan fingerprint density at radius 2 is 2.00 bits per heavy atom. The number of thioether (sulfide) groups is 1. The number of nitrogens with one attached hydrogen (secondary N) is 1. The molecule has 1 heterocycles. The number of aryl methyl sites for hydroxylation is 1. The van der Waals surface area contributed by atoms with Gasteiger partial charge in [0.2, 0.25) is 10.0 Å². The van der Waals surface area contributed by atoms with Gasteiger partial charge in [-0.3, -0.25) is 9.10 Å². The summed E-state index contributed by atoms with van der Waals surface area (Å²) in [5.74, 6) is -0.00282. The summed E-state index contributed by atoms with van der Waals surface area (Å²) < 4.78 is 31.5. The molecular formula is C18H20N2O4S2.